The molecule has 4 rings (SSSR count). The van der Waals surface area contributed by atoms with Crippen molar-refractivity contribution in [1.29, 1.82) is 0 Å². The number of aryl methyl sites for hydroxylation is 1. The summed E-state index contributed by atoms with van der Waals surface area (Å²) in [6.45, 7) is 2.12. The summed E-state index contributed by atoms with van der Waals surface area (Å²) in [6.07, 6.45) is 1.97. The molecule has 0 saturated carbocycles. The van der Waals surface area contributed by atoms with Crippen molar-refractivity contribution in [3.8, 4) is 0 Å². The van der Waals surface area contributed by atoms with Crippen LogP contribution in [0, 0.1) is 12.7 Å². The summed E-state index contributed by atoms with van der Waals surface area (Å²) < 4.78 is 13.3. The quantitative estimate of drug-likeness (QED) is 0.780. The van der Waals surface area contributed by atoms with Crippen molar-refractivity contribution in [2.75, 3.05) is 5.06 Å². The molecule has 2 aliphatic rings. The summed E-state index contributed by atoms with van der Waals surface area (Å²) >= 11 is 1.82. The first kappa shape index (κ1) is 11.4. The normalized spacial score (nSPS) is 24.6. The molecular formula is C15H14FNOS. The van der Waals surface area contributed by atoms with E-state index in [1.54, 1.807) is 6.07 Å². The number of hydrogen-bond donors (Lipinski definition) is 0. The van der Waals surface area contributed by atoms with Crippen molar-refractivity contribution in [3.63, 3.8) is 0 Å². The van der Waals surface area contributed by atoms with E-state index in [0.717, 1.165) is 24.1 Å². The van der Waals surface area contributed by atoms with Crippen LogP contribution in [0.5, 0.6) is 0 Å². The molecule has 0 amide bonds. The average Bonchev–Trinajstić information content (AvgIpc) is 2.94. The fourth-order valence-corrected chi connectivity index (χ4v) is 3.98. The van der Waals surface area contributed by atoms with Gasteiger partial charge < -0.3 is 0 Å². The Bertz CT molecular complexity index is 639. The van der Waals surface area contributed by atoms with Crippen molar-refractivity contribution in [2.45, 2.75) is 31.9 Å². The van der Waals surface area contributed by atoms with Gasteiger partial charge in [0.1, 0.15) is 5.82 Å². The Balaban J connectivity index is 1.77. The molecule has 0 aliphatic carbocycles. The third-order valence-corrected chi connectivity index (χ3v) is 4.95. The first-order valence-corrected chi connectivity index (χ1v) is 7.33. The van der Waals surface area contributed by atoms with Gasteiger partial charge in [0.25, 0.3) is 0 Å². The standard InChI is InChI=1S/C15H14FNOS/c1-9-2-5-15(19-9)14-8-12-7-10-6-11(16)3-4-13(10)17(14)18-12/h2-6,12,14H,7-8H2,1H3. The molecule has 1 aromatic carbocycles. The lowest BCUT2D eigenvalue weighted by atomic mass is 10.0. The first-order valence-electron chi connectivity index (χ1n) is 6.51. The van der Waals surface area contributed by atoms with Crippen LogP contribution in [0.1, 0.15) is 27.8 Å². The van der Waals surface area contributed by atoms with Gasteiger partial charge in [-0.2, -0.15) is 0 Å². The van der Waals surface area contributed by atoms with Gasteiger partial charge in [-0.1, -0.05) is 0 Å². The first-order chi connectivity index (χ1) is 9.20. The van der Waals surface area contributed by atoms with E-state index >= 15 is 0 Å². The van der Waals surface area contributed by atoms with Crippen LogP contribution in [0.3, 0.4) is 0 Å². The van der Waals surface area contributed by atoms with E-state index in [9.17, 15) is 4.39 Å². The van der Waals surface area contributed by atoms with E-state index in [4.69, 9.17) is 4.84 Å². The van der Waals surface area contributed by atoms with Gasteiger partial charge in [0, 0.05) is 22.6 Å². The fraction of sp³-hybridized carbons (Fsp3) is 0.333. The van der Waals surface area contributed by atoms with Gasteiger partial charge in [-0.25, -0.2) is 9.45 Å². The second-order valence-electron chi connectivity index (χ2n) is 5.23. The summed E-state index contributed by atoms with van der Waals surface area (Å²) in [5.41, 5.74) is 2.08. The minimum atomic E-state index is -0.162. The van der Waals surface area contributed by atoms with Crippen molar-refractivity contribution >= 4 is 17.0 Å². The zero-order valence-electron chi connectivity index (χ0n) is 10.6. The zero-order valence-corrected chi connectivity index (χ0v) is 11.4. The molecular weight excluding hydrogens is 261 g/mol. The molecule has 2 bridgehead atoms. The maximum atomic E-state index is 13.3. The Morgan fingerprint density at radius 1 is 1.32 bits per heavy atom. The lowest BCUT2D eigenvalue weighted by Gasteiger charge is -2.29. The Kier molecular flexibility index (Phi) is 2.44. The summed E-state index contributed by atoms with van der Waals surface area (Å²) in [6, 6.07) is 9.58. The fourth-order valence-electron chi connectivity index (χ4n) is 3.01. The maximum absolute atomic E-state index is 13.3. The molecule has 1 saturated heterocycles. The molecule has 98 valence electrons. The molecule has 2 nitrogen and oxygen atoms in total. The number of thiophene rings is 1. The van der Waals surface area contributed by atoms with Gasteiger partial charge in [-0.15, -0.1) is 11.3 Å². The maximum Gasteiger partial charge on any atom is 0.123 e. The van der Waals surface area contributed by atoms with E-state index in [0.29, 0.717) is 0 Å². The SMILES string of the molecule is Cc1ccc(C2CC3Cc4cc(F)ccc4N2O3)s1. The predicted molar refractivity (Wildman–Crippen MR) is 73.9 cm³/mol. The number of benzene rings is 1. The van der Waals surface area contributed by atoms with E-state index in [1.165, 1.54) is 15.8 Å². The van der Waals surface area contributed by atoms with Crippen LogP contribution in [-0.4, -0.2) is 6.10 Å². The summed E-state index contributed by atoms with van der Waals surface area (Å²) in [7, 11) is 0. The number of hydrogen-bond acceptors (Lipinski definition) is 3. The summed E-state index contributed by atoms with van der Waals surface area (Å²) in [4.78, 5) is 8.60. The molecule has 3 heterocycles. The van der Waals surface area contributed by atoms with Crippen molar-refractivity contribution in [1.82, 2.24) is 0 Å². The van der Waals surface area contributed by atoms with Gasteiger partial charge in [0.05, 0.1) is 17.8 Å². The number of halogens is 1. The van der Waals surface area contributed by atoms with Crippen LogP contribution >= 0.6 is 11.3 Å². The Labute approximate surface area is 115 Å². The minimum absolute atomic E-state index is 0.162. The second kappa shape index (κ2) is 4.05. The Hall–Kier alpha value is -1.39. The molecule has 0 N–H and O–H groups in total. The largest absolute Gasteiger partial charge is 0.269 e. The van der Waals surface area contributed by atoms with Crippen LogP contribution in [0.2, 0.25) is 0 Å². The molecule has 0 spiro atoms. The molecule has 2 aliphatic heterocycles. The average molecular weight is 275 g/mol. The van der Waals surface area contributed by atoms with Crippen LogP contribution in [-0.2, 0) is 11.3 Å². The highest BCUT2D eigenvalue weighted by Gasteiger charge is 2.40. The number of fused-ring (bicyclic) bond motifs is 4. The van der Waals surface area contributed by atoms with Crippen molar-refractivity contribution in [2.24, 2.45) is 0 Å². The molecule has 2 aromatic rings. The second-order valence-corrected chi connectivity index (χ2v) is 6.55. The molecule has 2 unspecified atom stereocenters. The third kappa shape index (κ3) is 1.78. The lowest BCUT2D eigenvalue weighted by Crippen LogP contribution is -2.27. The van der Waals surface area contributed by atoms with Gasteiger partial charge >= 0.3 is 0 Å². The van der Waals surface area contributed by atoms with Crippen LogP contribution < -0.4 is 5.06 Å². The van der Waals surface area contributed by atoms with E-state index < -0.39 is 0 Å². The summed E-state index contributed by atoms with van der Waals surface area (Å²) in [5, 5.41) is 1.98. The minimum Gasteiger partial charge on any atom is -0.269 e. The van der Waals surface area contributed by atoms with E-state index in [1.807, 2.05) is 22.5 Å². The Morgan fingerprint density at radius 2 is 2.21 bits per heavy atom. The highest BCUT2D eigenvalue weighted by molar-refractivity contribution is 7.12. The number of nitrogens with zero attached hydrogens (tertiary/aromatic N) is 1. The number of anilines is 1. The topological polar surface area (TPSA) is 12.5 Å². The number of rotatable bonds is 1. The van der Waals surface area contributed by atoms with Crippen molar-refractivity contribution in [3.05, 3.63) is 51.5 Å². The van der Waals surface area contributed by atoms with Gasteiger partial charge in [0.15, 0.2) is 0 Å². The molecule has 0 radical (unpaired) electrons. The van der Waals surface area contributed by atoms with E-state index in [2.05, 4.69) is 19.1 Å². The highest BCUT2D eigenvalue weighted by atomic mass is 32.1. The lowest BCUT2D eigenvalue weighted by molar-refractivity contribution is 0.0734. The van der Waals surface area contributed by atoms with Gasteiger partial charge in [0.2, 0.25) is 0 Å². The van der Waals surface area contributed by atoms with Crippen molar-refractivity contribution < 1.29 is 9.23 Å². The van der Waals surface area contributed by atoms with E-state index in [-0.39, 0.29) is 18.0 Å². The van der Waals surface area contributed by atoms with Gasteiger partial charge in [-0.3, -0.25) is 4.84 Å². The Morgan fingerprint density at radius 3 is 3.00 bits per heavy atom. The predicted octanol–water partition coefficient (Wildman–Crippen LogP) is 4.00. The molecule has 19 heavy (non-hydrogen) atoms. The highest BCUT2D eigenvalue weighted by Crippen LogP contribution is 2.46. The van der Waals surface area contributed by atoms with Crippen LogP contribution in [0.25, 0.3) is 0 Å². The molecule has 4 heteroatoms. The zero-order chi connectivity index (χ0) is 13.0. The molecule has 1 fully saturated rings. The number of hydroxylamine groups is 1. The van der Waals surface area contributed by atoms with Gasteiger partial charge in [-0.05, 0) is 42.8 Å². The molecule has 2 atom stereocenters. The molecule has 1 aromatic heterocycles. The smallest absolute Gasteiger partial charge is 0.123 e. The van der Waals surface area contributed by atoms with Crippen LogP contribution in [0.4, 0.5) is 10.1 Å². The summed E-state index contributed by atoms with van der Waals surface area (Å²) in [5.74, 6) is -0.162. The third-order valence-electron chi connectivity index (χ3n) is 3.85. The monoisotopic (exact) mass is 275 g/mol. The van der Waals surface area contributed by atoms with Crippen LogP contribution in [0.15, 0.2) is 30.3 Å².